The molecule has 0 fully saturated rings. The van der Waals surface area contributed by atoms with Gasteiger partial charge in [0.1, 0.15) is 0 Å². The van der Waals surface area contributed by atoms with Crippen LogP contribution in [0.3, 0.4) is 0 Å². The second-order valence-corrected chi connectivity index (χ2v) is 10.5. The molecule has 0 aliphatic heterocycles. The lowest BCUT2D eigenvalue weighted by atomic mass is 10.2. The van der Waals surface area contributed by atoms with Crippen LogP contribution in [0.5, 0.6) is 11.5 Å². The average molecular weight is 550 g/mol. The van der Waals surface area contributed by atoms with E-state index in [9.17, 15) is 18.3 Å². The summed E-state index contributed by atoms with van der Waals surface area (Å²) in [4.78, 5) is 12.7. The maximum Gasteiger partial charge on any atom is 0.255 e. The third-order valence-corrected chi connectivity index (χ3v) is 7.46. The summed E-state index contributed by atoms with van der Waals surface area (Å²) < 4.78 is 33.1. The number of para-hydroxylation sites is 1. The van der Waals surface area contributed by atoms with E-state index in [0.717, 1.165) is 9.87 Å². The first-order valence-corrected chi connectivity index (χ1v) is 13.1. The minimum Gasteiger partial charge on any atom is -0.504 e. The second-order valence-electron chi connectivity index (χ2n) is 7.74. The van der Waals surface area contributed by atoms with Gasteiger partial charge in [-0.1, -0.05) is 53.0 Å². The highest BCUT2D eigenvalue weighted by Crippen LogP contribution is 2.28. The number of aryl methyl sites for hydroxylation is 1. The number of hydrogen-bond donors (Lipinski definition) is 2. The SMILES string of the molecule is CCOc1cccc(/C=N\NC(=O)CN(Cc2ccc(Cl)cc2Cl)S(=O)(=O)c2ccc(C)cc2)c1O. The van der Waals surface area contributed by atoms with E-state index < -0.39 is 22.5 Å². The van der Waals surface area contributed by atoms with E-state index in [1.54, 1.807) is 49.4 Å². The maximum absolute atomic E-state index is 13.4. The molecule has 3 rings (SSSR count). The Balaban J connectivity index is 1.82. The number of rotatable bonds is 10. The molecule has 190 valence electrons. The first-order valence-electron chi connectivity index (χ1n) is 10.9. The van der Waals surface area contributed by atoms with Crippen molar-refractivity contribution in [3.63, 3.8) is 0 Å². The Labute approximate surface area is 220 Å². The van der Waals surface area contributed by atoms with Gasteiger partial charge in [0.2, 0.25) is 10.0 Å². The lowest BCUT2D eigenvalue weighted by molar-refractivity contribution is -0.121. The molecule has 0 atom stereocenters. The summed E-state index contributed by atoms with van der Waals surface area (Å²) in [5, 5.41) is 14.8. The van der Waals surface area contributed by atoms with Crippen LogP contribution in [-0.4, -0.2) is 43.1 Å². The number of nitrogens with zero attached hydrogens (tertiary/aromatic N) is 2. The van der Waals surface area contributed by atoms with Gasteiger partial charge in [-0.05, 0) is 55.8 Å². The van der Waals surface area contributed by atoms with Gasteiger partial charge in [-0.15, -0.1) is 0 Å². The number of benzene rings is 3. The topological polar surface area (TPSA) is 108 Å². The fourth-order valence-corrected chi connectivity index (χ4v) is 5.05. The summed E-state index contributed by atoms with van der Waals surface area (Å²) in [5.74, 6) is -0.534. The Kier molecular flexibility index (Phi) is 9.33. The fourth-order valence-electron chi connectivity index (χ4n) is 3.21. The van der Waals surface area contributed by atoms with Crippen molar-refractivity contribution in [2.75, 3.05) is 13.2 Å². The van der Waals surface area contributed by atoms with Crippen LogP contribution in [-0.2, 0) is 21.4 Å². The third-order valence-electron chi connectivity index (χ3n) is 5.06. The van der Waals surface area contributed by atoms with Gasteiger partial charge in [-0.2, -0.15) is 9.41 Å². The molecular weight excluding hydrogens is 525 g/mol. The molecule has 2 N–H and O–H groups in total. The molecule has 11 heteroatoms. The molecule has 0 unspecified atom stereocenters. The molecule has 36 heavy (non-hydrogen) atoms. The molecule has 8 nitrogen and oxygen atoms in total. The number of amides is 1. The highest BCUT2D eigenvalue weighted by atomic mass is 35.5. The van der Waals surface area contributed by atoms with Crippen molar-refractivity contribution in [1.82, 2.24) is 9.73 Å². The van der Waals surface area contributed by atoms with E-state index in [1.165, 1.54) is 24.4 Å². The number of carbonyl (C=O) groups excluding carboxylic acids is 1. The normalized spacial score (nSPS) is 11.7. The Morgan fingerprint density at radius 2 is 1.86 bits per heavy atom. The number of phenols is 1. The van der Waals surface area contributed by atoms with Gasteiger partial charge >= 0.3 is 0 Å². The summed E-state index contributed by atoms with van der Waals surface area (Å²) in [7, 11) is -4.06. The van der Waals surface area contributed by atoms with Gasteiger partial charge in [0.05, 0.1) is 24.3 Å². The summed E-state index contributed by atoms with van der Waals surface area (Å²) in [6, 6.07) is 15.9. The number of halogens is 2. The predicted molar refractivity (Wildman–Crippen MR) is 140 cm³/mol. The fraction of sp³-hybridized carbons (Fsp3) is 0.200. The van der Waals surface area contributed by atoms with Crippen LogP contribution in [0.1, 0.15) is 23.6 Å². The molecule has 0 aromatic heterocycles. The van der Waals surface area contributed by atoms with Crippen molar-refractivity contribution in [1.29, 1.82) is 0 Å². The standard InChI is InChI=1S/C25H25Cl2N3O5S/c1-3-35-23-6-4-5-18(25(23)32)14-28-29-24(31)16-30(15-19-9-10-20(26)13-22(19)27)36(33,34)21-11-7-17(2)8-12-21/h4-14,32H,3,15-16H2,1-2H3,(H,29,31)/b28-14-. The second kappa shape index (κ2) is 12.2. The molecule has 0 heterocycles. The van der Waals surface area contributed by atoms with Gasteiger partial charge < -0.3 is 9.84 Å². The predicted octanol–water partition coefficient (Wildman–Crippen LogP) is 4.75. The minimum atomic E-state index is -4.06. The Morgan fingerprint density at radius 3 is 2.53 bits per heavy atom. The van der Waals surface area contributed by atoms with E-state index in [2.05, 4.69) is 10.5 Å². The minimum absolute atomic E-state index is 0.0344. The molecule has 0 saturated heterocycles. The summed E-state index contributed by atoms with van der Waals surface area (Å²) in [6.07, 6.45) is 1.24. The van der Waals surface area contributed by atoms with Crippen molar-refractivity contribution < 1.29 is 23.1 Å². The number of hydrogen-bond acceptors (Lipinski definition) is 6. The molecule has 1 amide bonds. The van der Waals surface area contributed by atoms with E-state index >= 15 is 0 Å². The van der Waals surface area contributed by atoms with E-state index in [4.69, 9.17) is 27.9 Å². The molecule has 0 aliphatic carbocycles. The van der Waals surface area contributed by atoms with Crippen LogP contribution in [0.2, 0.25) is 10.0 Å². The van der Waals surface area contributed by atoms with Crippen LogP contribution in [0, 0.1) is 6.92 Å². The van der Waals surface area contributed by atoms with Gasteiger partial charge in [0.25, 0.3) is 5.91 Å². The zero-order chi connectivity index (χ0) is 26.3. The van der Waals surface area contributed by atoms with E-state index in [0.29, 0.717) is 22.8 Å². The molecular formula is C25H25Cl2N3O5S. The van der Waals surface area contributed by atoms with Crippen LogP contribution >= 0.6 is 23.2 Å². The van der Waals surface area contributed by atoms with Gasteiger partial charge in [0.15, 0.2) is 11.5 Å². The summed E-state index contributed by atoms with van der Waals surface area (Å²) in [6.45, 7) is 3.30. The number of aromatic hydroxyl groups is 1. The van der Waals surface area contributed by atoms with Crippen LogP contribution in [0.25, 0.3) is 0 Å². The Morgan fingerprint density at radius 1 is 1.14 bits per heavy atom. The lowest BCUT2D eigenvalue weighted by Crippen LogP contribution is -2.39. The molecule has 3 aromatic rings. The first-order chi connectivity index (χ1) is 17.1. The zero-order valence-corrected chi connectivity index (χ0v) is 21.9. The monoisotopic (exact) mass is 549 g/mol. The van der Waals surface area contributed by atoms with Crippen molar-refractivity contribution in [3.05, 3.63) is 87.4 Å². The highest BCUT2D eigenvalue weighted by Gasteiger charge is 2.27. The third kappa shape index (κ3) is 6.98. The highest BCUT2D eigenvalue weighted by molar-refractivity contribution is 7.89. The van der Waals surface area contributed by atoms with Crippen LogP contribution < -0.4 is 10.2 Å². The lowest BCUT2D eigenvalue weighted by Gasteiger charge is -2.22. The molecule has 0 spiro atoms. The van der Waals surface area contributed by atoms with E-state index in [-0.39, 0.29) is 28.0 Å². The number of sulfonamides is 1. The molecule has 0 radical (unpaired) electrons. The summed E-state index contributed by atoms with van der Waals surface area (Å²) >= 11 is 12.2. The van der Waals surface area contributed by atoms with Crippen LogP contribution in [0.15, 0.2) is 70.7 Å². The van der Waals surface area contributed by atoms with Crippen molar-refractivity contribution >= 4 is 45.3 Å². The van der Waals surface area contributed by atoms with Gasteiger partial charge in [0, 0.05) is 22.2 Å². The van der Waals surface area contributed by atoms with Gasteiger partial charge in [-0.25, -0.2) is 13.8 Å². The number of carbonyl (C=O) groups is 1. The maximum atomic E-state index is 13.4. The summed E-state index contributed by atoms with van der Waals surface area (Å²) in [5.41, 5.74) is 3.99. The molecule has 3 aromatic carbocycles. The van der Waals surface area contributed by atoms with Crippen molar-refractivity contribution in [2.24, 2.45) is 5.10 Å². The number of ether oxygens (including phenoxy) is 1. The molecule has 0 saturated carbocycles. The number of hydrazone groups is 1. The Bertz CT molecular complexity index is 1360. The zero-order valence-electron chi connectivity index (χ0n) is 19.6. The quantitative estimate of drug-likeness (QED) is 0.280. The van der Waals surface area contributed by atoms with Gasteiger partial charge in [-0.3, -0.25) is 4.79 Å². The Hall–Kier alpha value is -3.11. The number of nitrogens with one attached hydrogen (secondary N) is 1. The molecule has 0 bridgehead atoms. The smallest absolute Gasteiger partial charge is 0.255 e. The first kappa shape index (κ1) is 27.5. The average Bonchev–Trinajstić information content (AvgIpc) is 2.83. The molecule has 0 aliphatic rings. The largest absolute Gasteiger partial charge is 0.504 e. The number of phenolic OH excluding ortho intramolecular Hbond substituents is 1. The van der Waals surface area contributed by atoms with Crippen molar-refractivity contribution in [2.45, 2.75) is 25.3 Å². The van der Waals surface area contributed by atoms with Crippen molar-refractivity contribution in [3.8, 4) is 11.5 Å². The van der Waals surface area contributed by atoms with Crippen LogP contribution in [0.4, 0.5) is 0 Å². The van der Waals surface area contributed by atoms with E-state index in [1.807, 2.05) is 6.92 Å².